The summed E-state index contributed by atoms with van der Waals surface area (Å²) < 4.78 is 0. The lowest BCUT2D eigenvalue weighted by Gasteiger charge is -2.21. The normalized spacial score (nSPS) is 10.8. The van der Waals surface area contributed by atoms with Crippen LogP contribution in [-0.2, 0) is 0 Å². The highest BCUT2D eigenvalue weighted by molar-refractivity contribution is 6.14. The smallest absolute Gasteiger partial charge is 0.203 e. The number of rotatable bonds is 4. The first kappa shape index (κ1) is 14.5. The number of anilines is 1. The first-order chi connectivity index (χ1) is 10.1. The summed E-state index contributed by atoms with van der Waals surface area (Å²) in [5.41, 5.74) is 0.860. The fraction of sp³-hybridized carbons (Fsp3) is 0. The molecule has 0 bridgehead atoms. The van der Waals surface area contributed by atoms with E-state index in [-0.39, 0.29) is 16.5 Å². The summed E-state index contributed by atoms with van der Waals surface area (Å²) in [6.45, 7) is 0. The van der Waals surface area contributed by atoms with Crippen molar-refractivity contribution in [3.8, 4) is 6.07 Å². The molecule has 104 valence electrons. The minimum absolute atomic E-state index is 0.0215. The van der Waals surface area contributed by atoms with E-state index in [1.165, 1.54) is 18.2 Å². The zero-order chi connectivity index (χ0) is 15.2. The van der Waals surface area contributed by atoms with Crippen LogP contribution in [0.25, 0.3) is 6.08 Å². The first-order valence-corrected chi connectivity index (χ1v) is 6.09. The molecule has 5 heteroatoms. The van der Waals surface area contributed by atoms with E-state index in [4.69, 9.17) is 10.5 Å². The average Bonchev–Trinajstić information content (AvgIpc) is 2.53. The maximum Gasteiger partial charge on any atom is 0.203 e. The summed E-state index contributed by atoms with van der Waals surface area (Å²) in [7, 11) is 0. The number of hydrogen-bond acceptors (Lipinski definition) is 5. The Hall–Kier alpha value is -2.94. The molecule has 0 atom stereocenters. The van der Waals surface area contributed by atoms with Crippen molar-refractivity contribution in [1.29, 1.82) is 5.26 Å². The van der Waals surface area contributed by atoms with Crippen LogP contribution < -0.4 is 5.23 Å². The zero-order valence-corrected chi connectivity index (χ0v) is 10.9. The number of carbonyl (C=O) groups is 1. The summed E-state index contributed by atoms with van der Waals surface area (Å²) in [4.78, 5) is 12.2. The predicted molar refractivity (Wildman–Crippen MR) is 78.4 cm³/mol. The van der Waals surface area contributed by atoms with Gasteiger partial charge in [0.25, 0.3) is 0 Å². The number of ketones is 1. The lowest BCUT2D eigenvalue weighted by molar-refractivity contribution is 0.104. The Morgan fingerprint density at radius 3 is 2.52 bits per heavy atom. The molecule has 0 heterocycles. The molecule has 0 spiro atoms. The van der Waals surface area contributed by atoms with Gasteiger partial charge in [-0.2, -0.15) is 5.26 Å². The van der Waals surface area contributed by atoms with Crippen LogP contribution in [0.1, 0.15) is 15.9 Å². The van der Waals surface area contributed by atoms with Crippen LogP contribution in [0.4, 0.5) is 5.69 Å². The van der Waals surface area contributed by atoms with Crippen LogP contribution in [0.3, 0.4) is 0 Å². The summed E-state index contributed by atoms with van der Waals surface area (Å²) in [5, 5.41) is 28.5. The average molecular weight is 279 g/mol. The number of carbonyl (C=O) groups excluding carboxylic acids is 1. The summed E-state index contributed by atoms with van der Waals surface area (Å²) in [5.74, 6) is -0.397. The minimum atomic E-state index is -0.397. The Kier molecular flexibility index (Phi) is 4.46. The van der Waals surface area contributed by atoms with Crippen LogP contribution in [0.5, 0.6) is 0 Å². The zero-order valence-electron chi connectivity index (χ0n) is 10.9. The number of Topliss-reactive ketones (excluding diaryl/α,β-unsaturated/α-hetero) is 1. The van der Waals surface area contributed by atoms with Crippen molar-refractivity contribution in [2.24, 2.45) is 0 Å². The van der Waals surface area contributed by atoms with E-state index in [0.717, 1.165) is 0 Å². The van der Waals surface area contributed by atoms with Crippen LogP contribution in [0, 0.1) is 16.5 Å². The van der Waals surface area contributed by atoms with E-state index in [2.05, 4.69) is 0 Å². The molecule has 0 aliphatic rings. The van der Waals surface area contributed by atoms with E-state index in [1.54, 1.807) is 42.5 Å². The number of nitrogens with zero attached hydrogens (tertiary/aromatic N) is 2. The molecule has 1 N–H and O–H groups in total. The molecule has 21 heavy (non-hydrogen) atoms. The Bertz CT molecular complexity index is 716. The molecule has 5 nitrogen and oxygen atoms in total. The highest BCUT2D eigenvalue weighted by Gasteiger charge is 2.11. The van der Waals surface area contributed by atoms with Gasteiger partial charge in [-0.25, -0.2) is 0 Å². The second-order valence-electron chi connectivity index (χ2n) is 4.23. The van der Waals surface area contributed by atoms with Crippen molar-refractivity contribution in [2.75, 3.05) is 5.23 Å². The predicted octanol–water partition coefficient (Wildman–Crippen LogP) is 3.17. The lowest BCUT2D eigenvalue weighted by atomic mass is 10.0. The van der Waals surface area contributed by atoms with Crippen LogP contribution >= 0.6 is 0 Å². The van der Waals surface area contributed by atoms with E-state index >= 15 is 0 Å². The number of nitriles is 1. The van der Waals surface area contributed by atoms with Gasteiger partial charge in [0, 0.05) is 5.56 Å². The van der Waals surface area contributed by atoms with Gasteiger partial charge in [-0.15, -0.1) is 0 Å². The second kappa shape index (κ2) is 6.48. The van der Waals surface area contributed by atoms with Gasteiger partial charge in [0.1, 0.15) is 11.6 Å². The summed E-state index contributed by atoms with van der Waals surface area (Å²) in [6.07, 6.45) is 1.38. The third-order valence-electron chi connectivity index (χ3n) is 2.80. The molecule has 0 saturated carbocycles. The third kappa shape index (κ3) is 3.54. The standard InChI is InChI=1S/C16H11N2O3/c17-11-14(16(19)13-6-2-1-3-7-13)9-12-5-4-8-15(10-12)18(20)21/h1-10,20H/q-1/b14-9+. The fourth-order valence-electron chi connectivity index (χ4n) is 1.79. The molecule has 0 aliphatic heterocycles. The van der Waals surface area contributed by atoms with Crippen LogP contribution in [0.2, 0.25) is 0 Å². The molecule has 0 radical (unpaired) electrons. The molecular formula is C16H11N2O3-. The van der Waals surface area contributed by atoms with Gasteiger partial charge in [0.2, 0.25) is 5.78 Å². The monoisotopic (exact) mass is 279 g/mol. The van der Waals surface area contributed by atoms with Gasteiger partial charge in [-0.1, -0.05) is 42.5 Å². The number of benzene rings is 2. The number of hydrogen-bond donors (Lipinski definition) is 1. The molecule has 0 unspecified atom stereocenters. The minimum Gasteiger partial charge on any atom is -0.733 e. The second-order valence-corrected chi connectivity index (χ2v) is 4.23. The summed E-state index contributed by atoms with van der Waals surface area (Å²) in [6, 6.07) is 16.3. The Morgan fingerprint density at radius 2 is 1.90 bits per heavy atom. The van der Waals surface area contributed by atoms with Crippen molar-refractivity contribution < 1.29 is 10.0 Å². The Labute approximate surface area is 121 Å². The molecule has 2 aromatic rings. The molecule has 0 saturated heterocycles. The van der Waals surface area contributed by atoms with Gasteiger partial charge >= 0.3 is 0 Å². The molecule has 2 rings (SSSR count). The maximum absolute atomic E-state index is 12.2. The van der Waals surface area contributed by atoms with Crippen molar-refractivity contribution in [3.05, 3.63) is 76.5 Å². The maximum atomic E-state index is 12.2. The van der Waals surface area contributed by atoms with Crippen molar-refractivity contribution >= 4 is 17.5 Å². The first-order valence-electron chi connectivity index (χ1n) is 6.09. The van der Waals surface area contributed by atoms with E-state index in [0.29, 0.717) is 11.1 Å². The molecule has 2 aromatic carbocycles. The highest BCUT2D eigenvalue weighted by atomic mass is 16.8. The van der Waals surface area contributed by atoms with Gasteiger partial charge in [-0.05, 0) is 23.8 Å². The van der Waals surface area contributed by atoms with E-state index in [9.17, 15) is 10.0 Å². The number of allylic oxidation sites excluding steroid dienone is 1. The van der Waals surface area contributed by atoms with Gasteiger partial charge in [0.15, 0.2) is 0 Å². The van der Waals surface area contributed by atoms with Crippen molar-refractivity contribution in [2.45, 2.75) is 0 Å². The van der Waals surface area contributed by atoms with Crippen LogP contribution in [-0.4, -0.2) is 11.0 Å². The van der Waals surface area contributed by atoms with Gasteiger partial charge < -0.3 is 10.4 Å². The third-order valence-corrected chi connectivity index (χ3v) is 2.80. The SMILES string of the molecule is N#C/C(=C\c1cccc(N([O-])O)c1)C(=O)c1ccccc1. The fourth-order valence-corrected chi connectivity index (χ4v) is 1.79. The van der Waals surface area contributed by atoms with Gasteiger partial charge in [-0.3, -0.25) is 10.0 Å². The van der Waals surface area contributed by atoms with Gasteiger partial charge in [0.05, 0.1) is 5.69 Å². The molecule has 0 amide bonds. The summed E-state index contributed by atoms with van der Waals surface area (Å²) >= 11 is 0. The quantitative estimate of drug-likeness (QED) is 0.402. The lowest BCUT2D eigenvalue weighted by Crippen LogP contribution is -2.06. The Balaban J connectivity index is 2.36. The molecule has 0 fully saturated rings. The molecule has 0 aliphatic carbocycles. The van der Waals surface area contributed by atoms with Crippen molar-refractivity contribution in [3.63, 3.8) is 0 Å². The largest absolute Gasteiger partial charge is 0.733 e. The topological polar surface area (TPSA) is 87.4 Å². The highest BCUT2D eigenvalue weighted by Crippen LogP contribution is 2.17. The Morgan fingerprint density at radius 1 is 1.19 bits per heavy atom. The van der Waals surface area contributed by atoms with E-state index in [1.807, 2.05) is 6.07 Å². The molecular weight excluding hydrogens is 268 g/mol. The van der Waals surface area contributed by atoms with Crippen molar-refractivity contribution in [1.82, 2.24) is 0 Å². The van der Waals surface area contributed by atoms with Crippen LogP contribution in [0.15, 0.2) is 60.2 Å². The molecule has 0 aromatic heterocycles. The van der Waals surface area contributed by atoms with E-state index < -0.39 is 5.78 Å².